The van der Waals surface area contributed by atoms with Crippen molar-refractivity contribution >= 4 is 11.6 Å². The fourth-order valence-electron chi connectivity index (χ4n) is 4.84. The smallest absolute Gasteiger partial charge is 0.227 e. The van der Waals surface area contributed by atoms with Gasteiger partial charge in [-0.2, -0.15) is 0 Å². The number of nitrogens with zero attached hydrogens (tertiary/aromatic N) is 3. The van der Waals surface area contributed by atoms with E-state index in [0.717, 1.165) is 76.3 Å². The maximum absolute atomic E-state index is 12.5. The van der Waals surface area contributed by atoms with Crippen LogP contribution in [0, 0.1) is 0 Å². The number of hydrogen-bond donors (Lipinski definition) is 0. The van der Waals surface area contributed by atoms with Crippen LogP contribution in [0.4, 0.5) is 5.69 Å². The normalized spacial score (nSPS) is 26.4. The Morgan fingerprint density at radius 2 is 1.90 bits per heavy atom. The Hall–Kier alpha value is -1.63. The molecule has 4 rings (SSSR count). The molecule has 29 heavy (non-hydrogen) atoms. The van der Waals surface area contributed by atoms with Crippen molar-refractivity contribution in [2.45, 2.75) is 51.1 Å². The Morgan fingerprint density at radius 3 is 2.62 bits per heavy atom. The molecule has 0 spiro atoms. The second kappa shape index (κ2) is 9.92. The Kier molecular flexibility index (Phi) is 7.06. The fraction of sp³-hybridized carbons (Fsp3) is 0.696. The summed E-state index contributed by atoms with van der Waals surface area (Å²) in [5.41, 5.74) is 0.990. The molecule has 160 valence electrons. The standard InChI is InChI=1S/C23H35N3O3/c1-19-4-2-11-25(19)12-3-15-29-22-8-5-20(6-9-22)26-21(7-10-23(26)27)18-24-13-16-28-17-14-24/h5-6,8-9,19,21H,2-4,7,10-18H2,1H3. The van der Waals surface area contributed by atoms with Crippen LogP contribution >= 0.6 is 0 Å². The third-order valence-corrected chi connectivity index (χ3v) is 6.56. The van der Waals surface area contributed by atoms with E-state index >= 15 is 0 Å². The van der Waals surface area contributed by atoms with Crippen LogP contribution in [0.15, 0.2) is 24.3 Å². The summed E-state index contributed by atoms with van der Waals surface area (Å²) < 4.78 is 11.4. The van der Waals surface area contributed by atoms with Crippen molar-refractivity contribution in [1.82, 2.24) is 9.80 Å². The van der Waals surface area contributed by atoms with Gasteiger partial charge in [-0.25, -0.2) is 0 Å². The molecule has 1 aromatic carbocycles. The molecule has 3 saturated heterocycles. The second-order valence-electron chi connectivity index (χ2n) is 8.59. The van der Waals surface area contributed by atoms with Gasteiger partial charge in [0.25, 0.3) is 0 Å². The van der Waals surface area contributed by atoms with E-state index in [2.05, 4.69) is 16.7 Å². The van der Waals surface area contributed by atoms with E-state index in [4.69, 9.17) is 9.47 Å². The van der Waals surface area contributed by atoms with Crippen molar-refractivity contribution in [2.24, 2.45) is 0 Å². The molecule has 3 fully saturated rings. The number of morpholine rings is 1. The number of ether oxygens (including phenoxy) is 2. The second-order valence-corrected chi connectivity index (χ2v) is 8.59. The molecule has 0 saturated carbocycles. The van der Waals surface area contributed by atoms with Crippen LogP contribution < -0.4 is 9.64 Å². The average molecular weight is 402 g/mol. The lowest BCUT2D eigenvalue weighted by molar-refractivity contribution is -0.117. The van der Waals surface area contributed by atoms with Crippen molar-refractivity contribution in [3.63, 3.8) is 0 Å². The highest BCUT2D eigenvalue weighted by molar-refractivity contribution is 5.96. The van der Waals surface area contributed by atoms with E-state index in [0.29, 0.717) is 6.42 Å². The largest absolute Gasteiger partial charge is 0.494 e. The zero-order valence-electron chi connectivity index (χ0n) is 17.7. The summed E-state index contributed by atoms with van der Waals surface area (Å²) in [5.74, 6) is 1.12. The predicted molar refractivity (Wildman–Crippen MR) is 115 cm³/mol. The number of hydrogen-bond acceptors (Lipinski definition) is 5. The number of rotatable bonds is 8. The molecule has 0 aromatic heterocycles. The molecule has 2 unspecified atom stereocenters. The maximum atomic E-state index is 12.5. The Morgan fingerprint density at radius 1 is 1.10 bits per heavy atom. The molecule has 3 aliphatic rings. The number of anilines is 1. The summed E-state index contributed by atoms with van der Waals surface area (Å²) >= 11 is 0. The van der Waals surface area contributed by atoms with Gasteiger partial charge in [0, 0.05) is 44.3 Å². The first-order valence-electron chi connectivity index (χ1n) is 11.3. The van der Waals surface area contributed by atoms with Gasteiger partial charge in [-0.1, -0.05) is 0 Å². The molecule has 3 aliphatic heterocycles. The highest BCUT2D eigenvalue weighted by Crippen LogP contribution is 2.29. The summed E-state index contributed by atoms with van der Waals surface area (Å²) in [6.45, 7) is 9.84. The molecule has 6 heteroatoms. The number of carbonyl (C=O) groups excluding carboxylic acids is 1. The summed E-state index contributed by atoms with van der Waals surface area (Å²) in [7, 11) is 0. The van der Waals surface area contributed by atoms with E-state index in [1.165, 1.54) is 19.4 Å². The lowest BCUT2D eigenvalue weighted by atomic mass is 10.2. The van der Waals surface area contributed by atoms with Crippen molar-refractivity contribution in [3.8, 4) is 5.75 Å². The number of benzene rings is 1. The highest BCUT2D eigenvalue weighted by atomic mass is 16.5. The first kappa shape index (κ1) is 20.6. The lowest BCUT2D eigenvalue weighted by Crippen LogP contribution is -2.46. The molecule has 6 nitrogen and oxygen atoms in total. The highest BCUT2D eigenvalue weighted by Gasteiger charge is 2.33. The van der Waals surface area contributed by atoms with E-state index < -0.39 is 0 Å². The Labute approximate surface area is 174 Å². The van der Waals surface area contributed by atoms with Crippen LogP contribution in [-0.2, 0) is 9.53 Å². The molecular formula is C23H35N3O3. The van der Waals surface area contributed by atoms with E-state index in [1.807, 2.05) is 29.2 Å². The Balaban J connectivity index is 1.27. The minimum Gasteiger partial charge on any atom is -0.494 e. The molecule has 0 radical (unpaired) electrons. The minimum absolute atomic E-state index is 0.233. The van der Waals surface area contributed by atoms with Crippen LogP contribution in [-0.4, -0.2) is 80.3 Å². The van der Waals surface area contributed by atoms with Crippen molar-refractivity contribution in [2.75, 3.05) is 57.4 Å². The summed E-state index contributed by atoms with van der Waals surface area (Å²) in [5, 5.41) is 0. The van der Waals surface area contributed by atoms with Gasteiger partial charge in [0.15, 0.2) is 0 Å². The van der Waals surface area contributed by atoms with Gasteiger partial charge in [-0.3, -0.25) is 9.69 Å². The van der Waals surface area contributed by atoms with Crippen molar-refractivity contribution in [1.29, 1.82) is 0 Å². The molecule has 0 N–H and O–H groups in total. The monoisotopic (exact) mass is 401 g/mol. The molecule has 3 heterocycles. The van der Waals surface area contributed by atoms with E-state index in [9.17, 15) is 4.79 Å². The van der Waals surface area contributed by atoms with Gasteiger partial charge in [0.05, 0.1) is 25.9 Å². The van der Waals surface area contributed by atoms with Crippen LogP contribution in [0.2, 0.25) is 0 Å². The average Bonchev–Trinajstić information content (AvgIpc) is 3.32. The SMILES string of the molecule is CC1CCCN1CCCOc1ccc(N2C(=O)CCC2CN2CCOCC2)cc1. The van der Waals surface area contributed by atoms with Gasteiger partial charge in [0.2, 0.25) is 5.91 Å². The third-order valence-electron chi connectivity index (χ3n) is 6.56. The first-order valence-corrected chi connectivity index (χ1v) is 11.3. The molecular weight excluding hydrogens is 366 g/mol. The van der Waals surface area contributed by atoms with Gasteiger partial charge in [-0.15, -0.1) is 0 Å². The van der Waals surface area contributed by atoms with Gasteiger partial charge in [0.1, 0.15) is 5.75 Å². The zero-order chi connectivity index (χ0) is 20.1. The van der Waals surface area contributed by atoms with Crippen molar-refractivity contribution in [3.05, 3.63) is 24.3 Å². The number of amides is 1. The number of likely N-dealkylation sites (tertiary alicyclic amines) is 1. The summed E-state index contributed by atoms with van der Waals surface area (Å²) in [6, 6.07) is 9.06. The van der Waals surface area contributed by atoms with Crippen molar-refractivity contribution < 1.29 is 14.3 Å². The molecule has 0 bridgehead atoms. The first-order chi connectivity index (χ1) is 14.2. The third kappa shape index (κ3) is 5.30. The topological polar surface area (TPSA) is 45.2 Å². The van der Waals surface area contributed by atoms with E-state index in [1.54, 1.807) is 0 Å². The molecule has 1 amide bonds. The molecule has 2 atom stereocenters. The van der Waals surface area contributed by atoms with Crippen LogP contribution in [0.3, 0.4) is 0 Å². The molecule has 1 aromatic rings. The fourth-order valence-corrected chi connectivity index (χ4v) is 4.84. The Bertz CT molecular complexity index is 660. The predicted octanol–water partition coefficient (Wildman–Crippen LogP) is 2.77. The minimum atomic E-state index is 0.233. The van der Waals surface area contributed by atoms with Crippen LogP contribution in [0.25, 0.3) is 0 Å². The maximum Gasteiger partial charge on any atom is 0.227 e. The van der Waals surface area contributed by atoms with Gasteiger partial charge < -0.3 is 19.3 Å². The summed E-state index contributed by atoms with van der Waals surface area (Å²) in [4.78, 5) is 19.5. The van der Waals surface area contributed by atoms with Crippen LogP contribution in [0.1, 0.15) is 39.0 Å². The van der Waals surface area contributed by atoms with E-state index in [-0.39, 0.29) is 11.9 Å². The lowest BCUT2D eigenvalue weighted by Gasteiger charge is -2.33. The van der Waals surface area contributed by atoms with Crippen LogP contribution in [0.5, 0.6) is 5.75 Å². The quantitative estimate of drug-likeness (QED) is 0.627. The number of carbonyl (C=O) groups is 1. The molecule has 0 aliphatic carbocycles. The zero-order valence-corrected chi connectivity index (χ0v) is 17.7. The summed E-state index contributed by atoms with van der Waals surface area (Å²) in [6.07, 6.45) is 5.28. The van der Waals surface area contributed by atoms with Gasteiger partial charge in [-0.05, 0) is 63.4 Å². The van der Waals surface area contributed by atoms with Gasteiger partial charge >= 0.3 is 0 Å².